The van der Waals surface area contributed by atoms with Crippen molar-refractivity contribution in [3.63, 3.8) is 0 Å². The van der Waals surface area contributed by atoms with Gasteiger partial charge >= 0.3 is 0 Å². The molecule has 30 heavy (non-hydrogen) atoms. The lowest BCUT2D eigenvalue weighted by molar-refractivity contribution is 0.0942. The number of halogens is 1. The average molecular weight is 426 g/mol. The molecule has 0 spiro atoms. The van der Waals surface area contributed by atoms with Gasteiger partial charge in [-0.1, -0.05) is 29.8 Å². The van der Waals surface area contributed by atoms with Crippen LogP contribution in [0.2, 0.25) is 5.02 Å². The van der Waals surface area contributed by atoms with E-state index >= 15 is 0 Å². The number of hydrogen-bond donors (Lipinski definition) is 3. The third-order valence-electron chi connectivity index (χ3n) is 4.38. The van der Waals surface area contributed by atoms with Crippen LogP contribution in [0.3, 0.4) is 0 Å². The number of benzene rings is 2. The van der Waals surface area contributed by atoms with Crippen molar-refractivity contribution in [3.8, 4) is 11.5 Å². The summed E-state index contributed by atoms with van der Waals surface area (Å²) in [7, 11) is 0. The van der Waals surface area contributed by atoms with Gasteiger partial charge in [-0.3, -0.25) is 4.79 Å². The maximum atomic E-state index is 12.2. The maximum absolute atomic E-state index is 12.2. The van der Waals surface area contributed by atoms with Crippen molar-refractivity contribution >= 4 is 35.0 Å². The molecule has 2 aromatic carbocycles. The van der Waals surface area contributed by atoms with Gasteiger partial charge in [-0.2, -0.15) is 4.98 Å². The van der Waals surface area contributed by atoms with E-state index in [0.29, 0.717) is 46.1 Å². The number of rotatable bonds is 7. The zero-order valence-electron chi connectivity index (χ0n) is 16.2. The van der Waals surface area contributed by atoms with Gasteiger partial charge in [0.15, 0.2) is 11.5 Å². The number of fused-ring (bicyclic) bond motifs is 1. The monoisotopic (exact) mass is 425 g/mol. The number of amides is 1. The predicted octanol–water partition coefficient (Wildman–Crippen LogP) is 3.83. The fourth-order valence-electron chi connectivity index (χ4n) is 2.90. The lowest BCUT2D eigenvalue weighted by atomic mass is 10.2. The summed E-state index contributed by atoms with van der Waals surface area (Å²) in [5, 5.41) is 9.71. The molecule has 154 valence electrons. The number of nitrogens with zero attached hydrogens (tertiary/aromatic N) is 2. The van der Waals surface area contributed by atoms with Crippen LogP contribution in [0, 0.1) is 0 Å². The summed E-state index contributed by atoms with van der Waals surface area (Å²) in [6.45, 7) is 2.51. The molecule has 1 atom stereocenters. The molecule has 0 saturated heterocycles. The molecular formula is C21H20ClN5O3. The van der Waals surface area contributed by atoms with Crippen LogP contribution < -0.4 is 25.4 Å². The normalized spacial score (nSPS) is 12.9. The van der Waals surface area contributed by atoms with E-state index in [4.69, 9.17) is 21.1 Å². The van der Waals surface area contributed by atoms with Gasteiger partial charge < -0.3 is 25.4 Å². The Morgan fingerprint density at radius 3 is 2.83 bits per heavy atom. The molecule has 3 N–H and O–H groups in total. The third kappa shape index (κ3) is 4.55. The van der Waals surface area contributed by atoms with E-state index in [-0.39, 0.29) is 18.7 Å². The molecule has 1 aliphatic rings. The molecule has 0 radical (unpaired) electrons. The minimum Gasteiger partial charge on any atom is -0.454 e. The van der Waals surface area contributed by atoms with Gasteiger partial charge in [0, 0.05) is 24.3 Å². The summed E-state index contributed by atoms with van der Waals surface area (Å²) in [5.41, 5.74) is 1.20. The lowest BCUT2D eigenvalue weighted by Gasteiger charge is -2.15. The Balaban J connectivity index is 1.37. The van der Waals surface area contributed by atoms with Crippen molar-refractivity contribution in [2.24, 2.45) is 0 Å². The molecule has 4 rings (SSSR count). The highest BCUT2D eigenvalue weighted by atomic mass is 35.5. The average Bonchev–Trinajstić information content (AvgIpc) is 3.24. The SMILES string of the molecule is CC(CNc1nccc(Nc2c(Cl)ccc3c2OCO3)n1)NC(=O)c1ccccc1. The maximum Gasteiger partial charge on any atom is 0.251 e. The van der Waals surface area contributed by atoms with E-state index in [1.807, 2.05) is 25.1 Å². The zero-order valence-corrected chi connectivity index (χ0v) is 16.9. The number of carbonyl (C=O) groups excluding carboxylic acids is 1. The van der Waals surface area contributed by atoms with Crippen molar-refractivity contribution < 1.29 is 14.3 Å². The van der Waals surface area contributed by atoms with Crippen molar-refractivity contribution in [1.82, 2.24) is 15.3 Å². The lowest BCUT2D eigenvalue weighted by Crippen LogP contribution is -2.37. The summed E-state index contributed by atoms with van der Waals surface area (Å²) in [6.07, 6.45) is 1.62. The number of ether oxygens (including phenoxy) is 2. The molecular weight excluding hydrogens is 406 g/mol. The van der Waals surface area contributed by atoms with Crippen LogP contribution in [0.1, 0.15) is 17.3 Å². The smallest absolute Gasteiger partial charge is 0.251 e. The van der Waals surface area contributed by atoms with Crippen LogP contribution in [-0.2, 0) is 0 Å². The molecule has 0 fully saturated rings. The molecule has 8 nitrogen and oxygen atoms in total. The Morgan fingerprint density at radius 1 is 1.17 bits per heavy atom. The Bertz CT molecular complexity index is 1050. The number of nitrogens with one attached hydrogen (secondary N) is 3. The van der Waals surface area contributed by atoms with Crippen molar-refractivity contribution in [2.75, 3.05) is 24.0 Å². The van der Waals surface area contributed by atoms with Gasteiger partial charge in [-0.05, 0) is 37.3 Å². The molecule has 1 amide bonds. The molecule has 1 aromatic heterocycles. The first-order valence-corrected chi connectivity index (χ1v) is 9.76. The van der Waals surface area contributed by atoms with E-state index in [2.05, 4.69) is 25.9 Å². The fraction of sp³-hybridized carbons (Fsp3) is 0.190. The number of aromatic nitrogens is 2. The van der Waals surface area contributed by atoms with Gasteiger partial charge in [0.25, 0.3) is 5.91 Å². The van der Waals surface area contributed by atoms with Gasteiger partial charge in [0.05, 0.1) is 5.02 Å². The summed E-state index contributed by atoms with van der Waals surface area (Å²) >= 11 is 6.30. The van der Waals surface area contributed by atoms with Crippen molar-refractivity contribution in [2.45, 2.75) is 13.0 Å². The van der Waals surface area contributed by atoms with Gasteiger partial charge in [-0.25, -0.2) is 4.98 Å². The first kappa shape index (κ1) is 19.8. The third-order valence-corrected chi connectivity index (χ3v) is 4.69. The van der Waals surface area contributed by atoms with Crippen molar-refractivity contribution in [3.05, 3.63) is 65.3 Å². The molecule has 9 heteroatoms. The van der Waals surface area contributed by atoms with Crippen LogP contribution in [0.25, 0.3) is 0 Å². The van der Waals surface area contributed by atoms with E-state index in [1.54, 1.807) is 36.5 Å². The second-order valence-electron chi connectivity index (χ2n) is 6.67. The Hall–Kier alpha value is -3.52. The summed E-state index contributed by atoms with van der Waals surface area (Å²) < 4.78 is 10.9. The predicted molar refractivity (Wildman–Crippen MR) is 115 cm³/mol. The fourth-order valence-corrected chi connectivity index (χ4v) is 3.09. The number of carbonyl (C=O) groups is 1. The molecule has 0 saturated carbocycles. The molecule has 2 heterocycles. The highest BCUT2D eigenvalue weighted by Gasteiger charge is 2.21. The van der Waals surface area contributed by atoms with Crippen LogP contribution in [0.5, 0.6) is 11.5 Å². The Morgan fingerprint density at radius 2 is 2.00 bits per heavy atom. The molecule has 1 aliphatic heterocycles. The second kappa shape index (κ2) is 8.87. The van der Waals surface area contributed by atoms with E-state index in [1.165, 1.54) is 0 Å². The topological polar surface area (TPSA) is 97.4 Å². The summed E-state index contributed by atoms with van der Waals surface area (Å²) in [4.78, 5) is 20.9. The highest BCUT2D eigenvalue weighted by Crippen LogP contribution is 2.44. The standard InChI is InChI=1S/C21H20ClN5O3/c1-13(25-20(28)14-5-3-2-4-6-14)11-24-21-23-10-9-17(27-21)26-18-15(22)7-8-16-19(18)30-12-29-16/h2-10,13H,11-12H2,1H3,(H,25,28)(H2,23,24,26,27). The quantitative estimate of drug-likeness (QED) is 0.529. The van der Waals surface area contributed by atoms with Crippen molar-refractivity contribution in [1.29, 1.82) is 0 Å². The highest BCUT2D eigenvalue weighted by molar-refractivity contribution is 6.33. The van der Waals surface area contributed by atoms with Gasteiger partial charge in [-0.15, -0.1) is 0 Å². The second-order valence-corrected chi connectivity index (χ2v) is 7.08. The first-order chi connectivity index (χ1) is 14.6. The van der Waals surface area contributed by atoms with Crippen LogP contribution >= 0.6 is 11.6 Å². The first-order valence-electron chi connectivity index (χ1n) is 9.38. The Labute approximate surface area is 178 Å². The summed E-state index contributed by atoms with van der Waals surface area (Å²) in [6, 6.07) is 14.2. The number of anilines is 3. The molecule has 0 bridgehead atoms. The number of hydrogen-bond acceptors (Lipinski definition) is 7. The molecule has 3 aromatic rings. The molecule has 0 aliphatic carbocycles. The minimum atomic E-state index is -0.129. The largest absolute Gasteiger partial charge is 0.454 e. The summed E-state index contributed by atoms with van der Waals surface area (Å²) in [5.74, 6) is 2.00. The van der Waals surface area contributed by atoms with E-state index in [9.17, 15) is 4.79 Å². The molecule has 1 unspecified atom stereocenters. The van der Waals surface area contributed by atoms with Crippen LogP contribution in [0.4, 0.5) is 17.5 Å². The van der Waals surface area contributed by atoms with Gasteiger partial charge in [0.1, 0.15) is 11.5 Å². The van der Waals surface area contributed by atoms with Crippen LogP contribution in [0.15, 0.2) is 54.7 Å². The zero-order chi connectivity index (χ0) is 20.9. The van der Waals surface area contributed by atoms with E-state index < -0.39 is 0 Å². The van der Waals surface area contributed by atoms with Crippen LogP contribution in [-0.4, -0.2) is 35.3 Å². The van der Waals surface area contributed by atoms with Gasteiger partial charge in [0.2, 0.25) is 12.7 Å². The van der Waals surface area contributed by atoms with E-state index in [0.717, 1.165) is 0 Å². The Kier molecular flexibility index (Phi) is 5.85. The minimum absolute atomic E-state index is 0.129.